The molecule has 0 aliphatic carbocycles. The molecule has 1 atom stereocenters. The Hall–Kier alpha value is -3.15. The molecule has 0 aliphatic rings. The van der Waals surface area contributed by atoms with E-state index in [-0.39, 0.29) is 5.78 Å². The van der Waals surface area contributed by atoms with Crippen LogP contribution < -0.4 is 10.5 Å². The predicted octanol–water partition coefficient (Wildman–Crippen LogP) is 5.17. The minimum Gasteiger partial charge on any atom is -0.495 e. The van der Waals surface area contributed by atoms with Crippen LogP contribution in [-0.4, -0.2) is 28.3 Å². The van der Waals surface area contributed by atoms with E-state index in [0.717, 1.165) is 33.6 Å². The Morgan fingerprint density at radius 1 is 1.13 bits per heavy atom. The van der Waals surface area contributed by atoms with Crippen molar-refractivity contribution >= 4 is 23.0 Å². The second kappa shape index (κ2) is 7.94. The number of benzene rings is 2. The van der Waals surface area contributed by atoms with Crippen molar-refractivity contribution in [2.75, 3.05) is 7.11 Å². The van der Waals surface area contributed by atoms with Crippen LogP contribution in [0.4, 0.5) is 0 Å². The lowest BCUT2D eigenvalue weighted by Crippen LogP contribution is -2.26. The van der Waals surface area contributed by atoms with Crippen molar-refractivity contribution in [3.63, 3.8) is 0 Å². The molecule has 6 heteroatoms. The van der Waals surface area contributed by atoms with Gasteiger partial charge in [0.2, 0.25) is 0 Å². The maximum absolute atomic E-state index is 12.0. The zero-order valence-corrected chi connectivity index (χ0v) is 17.8. The first-order chi connectivity index (χ1) is 14.4. The monoisotopic (exact) mass is 419 g/mol. The molecule has 4 rings (SSSR count). The summed E-state index contributed by atoms with van der Waals surface area (Å²) in [4.78, 5) is 16.8. The van der Waals surface area contributed by atoms with Crippen LogP contribution in [0.3, 0.4) is 0 Å². The molecule has 0 spiro atoms. The van der Waals surface area contributed by atoms with Crippen molar-refractivity contribution in [3.8, 4) is 28.1 Å². The summed E-state index contributed by atoms with van der Waals surface area (Å²) in [7, 11) is 1.60. The summed E-state index contributed by atoms with van der Waals surface area (Å²) in [5, 5.41) is 0.553. The zero-order valence-electron chi connectivity index (χ0n) is 17.0. The number of carbonyl (C=O) groups excluding carboxylic acids is 1. The number of pyridine rings is 1. The fourth-order valence-electron chi connectivity index (χ4n) is 3.47. The predicted molar refractivity (Wildman–Crippen MR) is 120 cm³/mol. The van der Waals surface area contributed by atoms with Crippen molar-refractivity contribution in [2.45, 2.75) is 19.9 Å². The summed E-state index contributed by atoms with van der Waals surface area (Å²) in [5.41, 5.74) is 12.0. The Labute approximate surface area is 180 Å². The van der Waals surface area contributed by atoms with Gasteiger partial charge in [-0.3, -0.25) is 4.79 Å². The molecule has 4 aromatic rings. The highest BCUT2D eigenvalue weighted by molar-refractivity contribution is 6.32. The molecule has 2 aromatic heterocycles. The Bertz CT molecular complexity index is 1240. The minimum absolute atomic E-state index is 0.0663. The summed E-state index contributed by atoms with van der Waals surface area (Å²) in [6.07, 6.45) is 3.96. The lowest BCUT2D eigenvalue weighted by Gasteiger charge is -2.08. The molecule has 0 saturated carbocycles. The Morgan fingerprint density at radius 2 is 1.87 bits per heavy atom. The van der Waals surface area contributed by atoms with Gasteiger partial charge in [-0.15, -0.1) is 0 Å². The van der Waals surface area contributed by atoms with Crippen LogP contribution >= 0.6 is 11.6 Å². The van der Waals surface area contributed by atoms with Crippen molar-refractivity contribution in [1.82, 2.24) is 9.38 Å². The highest BCUT2D eigenvalue weighted by Gasteiger charge is 2.13. The van der Waals surface area contributed by atoms with E-state index in [1.165, 1.54) is 0 Å². The van der Waals surface area contributed by atoms with Gasteiger partial charge in [0, 0.05) is 23.5 Å². The molecule has 0 saturated heterocycles. The highest BCUT2D eigenvalue weighted by Crippen LogP contribution is 2.33. The van der Waals surface area contributed by atoms with Crippen molar-refractivity contribution in [3.05, 3.63) is 77.1 Å². The fraction of sp³-hybridized carbons (Fsp3) is 0.167. The van der Waals surface area contributed by atoms with Gasteiger partial charge in [0.1, 0.15) is 11.4 Å². The second-order valence-electron chi connectivity index (χ2n) is 7.34. The molecule has 5 nitrogen and oxygen atoms in total. The molecule has 0 aliphatic heterocycles. The maximum atomic E-state index is 12.0. The number of nitrogens with two attached hydrogens (primary N) is 1. The number of fused-ring (bicyclic) bond motifs is 1. The smallest absolute Gasteiger partial charge is 0.179 e. The zero-order chi connectivity index (χ0) is 21.4. The number of nitrogens with zero attached hydrogens (tertiary/aromatic N) is 2. The van der Waals surface area contributed by atoms with Gasteiger partial charge in [-0.25, -0.2) is 4.98 Å². The van der Waals surface area contributed by atoms with Gasteiger partial charge in [0.05, 0.1) is 23.9 Å². The first-order valence-electron chi connectivity index (χ1n) is 9.61. The molecule has 30 heavy (non-hydrogen) atoms. The van der Waals surface area contributed by atoms with Crippen molar-refractivity contribution in [1.29, 1.82) is 0 Å². The summed E-state index contributed by atoms with van der Waals surface area (Å²) in [5.74, 6) is 0.582. The van der Waals surface area contributed by atoms with E-state index in [1.54, 1.807) is 14.0 Å². The average Bonchev–Trinajstić information content (AvgIpc) is 3.17. The summed E-state index contributed by atoms with van der Waals surface area (Å²) >= 11 is 6.32. The lowest BCUT2D eigenvalue weighted by atomic mass is 10.0. The van der Waals surface area contributed by atoms with Crippen molar-refractivity contribution < 1.29 is 9.53 Å². The number of aromatic nitrogens is 2. The van der Waals surface area contributed by atoms with Gasteiger partial charge in [-0.05, 0) is 54.8 Å². The SMILES string of the molecule is COc1cc(C)c(-c2cn3ccc(-c4ccc(C(=O)C(C)N)cc4)cc3n2)cc1Cl. The number of aryl methyl sites for hydroxylation is 1. The van der Waals surface area contributed by atoms with E-state index in [4.69, 9.17) is 27.1 Å². The van der Waals surface area contributed by atoms with Crippen LogP contribution in [0.1, 0.15) is 22.8 Å². The first kappa shape index (κ1) is 20.1. The molecule has 2 heterocycles. The third-order valence-corrected chi connectivity index (χ3v) is 5.45. The summed E-state index contributed by atoms with van der Waals surface area (Å²) in [6.45, 7) is 3.70. The number of rotatable bonds is 5. The number of imidazole rings is 1. The number of halogens is 1. The highest BCUT2D eigenvalue weighted by atomic mass is 35.5. The maximum Gasteiger partial charge on any atom is 0.179 e. The number of ether oxygens (including phenoxy) is 1. The largest absolute Gasteiger partial charge is 0.495 e. The van der Waals surface area contributed by atoms with Crippen molar-refractivity contribution in [2.24, 2.45) is 5.73 Å². The van der Waals surface area contributed by atoms with Crippen LogP contribution in [-0.2, 0) is 0 Å². The summed E-state index contributed by atoms with van der Waals surface area (Å²) < 4.78 is 7.27. The first-order valence-corrected chi connectivity index (χ1v) is 9.98. The molecular weight excluding hydrogens is 398 g/mol. The minimum atomic E-state index is -0.509. The van der Waals surface area contributed by atoms with Gasteiger partial charge in [0.15, 0.2) is 5.78 Å². The number of Topliss-reactive ketones (excluding diaryl/α,β-unsaturated/α-hetero) is 1. The van der Waals surface area contributed by atoms with Crippen LogP contribution in [0, 0.1) is 6.92 Å². The molecular formula is C24H22ClN3O2. The van der Waals surface area contributed by atoms with E-state index in [1.807, 2.05) is 72.2 Å². The Balaban J connectivity index is 1.70. The van der Waals surface area contributed by atoms with Gasteiger partial charge in [-0.1, -0.05) is 35.9 Å². The normalized spacial score (nSPS) is 12.2. The quantitative estimate of drug-likeness (QED) is 0.453. The molecule has 1 unspecified atom stereocenters. The molecule has 2 N–H and O–H groups in total. The third-order valence-electron chi connectivity index (χ3n) is 5.15. The number of methoxy groups -OCH3 is 1. The van der Waals surface area contributed by atoms with Crippen LogP contribution in [0.25, 0.3) is 28.0 Å². The average molecular weight is 420 g/mol. The topological polar surface area (TPSA) is 69.6 Å². The number of hydrogen-bond acceptors (Lipinski definition) is 4. The van der Waals surface area contributed by atoms with E-state index in [9.17, 15) is 4.79 Å². The van der Waals surface area contributed by atoms with E-state index < -0.39 is 6.04 Å². The van der Waals surface area contributed by atoms with Crippen LogP contribution in [0.15, 0.2) is 60.9 Å². The van der Waals surface area contributed by atoms with Gasteiger partial charge < -0.3 is 14.9 Å². The van der Waals surface area contributed by atoms with E-state index in [0.29, 0.717) is 16.3 Å². The molecule has 0 radical (unpaired) electrons. The summed E-state index contributed by atoms with van der Waals surface area (Å²) in [6, 6.07) is 14.8. The molecule has 0 amide bonds. The fourth-order valence-corrected chi connectivity index (χ4v) is 3.71. The van der Waals surface area contributed by atoms with Gasteiger partial charge in [-0.2, -0.15) is 0 Å². The Kier molecular flexibility index (Phi) is 5.33. The van der Waals surface area contributed by atoms with E-state index >= 15 is 0 Å². The number of hydrogen-bond donors (Lipinski definition) is 1. The number of carbonyl (C=O) groups is 1. The van der Waals surface area contributed by atoms with Gasteiger partial charge >= 0.3 is 0 Å². The molecule has 0 bridgehead atoms. The number of ketones is 1. The second-order valence-corrected chi connectivity index (χ2v) is 7.75. The Morgan fingerprint density at radius 3 is 2.53 bits per heavy atom. The van der Waals surface area contributed by atoms with Crippen LogP contribution in [0.5, 0.6) is 5.75 Å². The van der Waals surface area contributed by atoms with Gasteiger partial charge in [0.25, 0.3) is 0 Å². The third kappa shape index (κ3) is 3.70. The van der Waals surface area contributed by atoms with E-state index in [2.05, 4.69) is 0 Å². The molecule has 0 fully saturated rings. The molecule has 152 valence electrons. The standard InChI is InChI=1S/C24H22ClN3O2/c1-14-10-22(30-3)20(25)12-19(14)21-13-28-9-8-18(11-23(28)27-21)16-4-6-17(7-5-16)24(29)15(2)26/h4-13,15H,26H2,1-3H3. The lowest BCUT2D eigenvalue weighted by molar-refractivity contribution is 0.0968. The molecule has 2 aromatic carbocycles. The van der Waals surface area contributed by atoms with Crippen LogP contribution in [0.2, 0.25) is 5.02 Å².